The molecule has 0 aromatic rings. The van der Waals surface area contributed by atoms with Crippen molar-refractivity contribution in [2.24, 2.45) is 11.8 Å². The van der Waals surface area contributed by atoms with Crippen molar-refractivity contribution < 1.29 is 5.11 Å². The molecule has 2 nitrogen and oxygen atoms in total. The normalized spacial score (nSPS) is 45.7. The van der Waals surface area contributed by atoms with Crippen molar-refractivity contribution >= 4 is 0 Å². The van der Waals surface area contributed by atoms with Crippen LogP contribution in [0.3, 0.4) is 0 Å². The van der Waals surface area contributed by atoms with Crippen LogP contribution in [-0.4, -0.2) is 10.7 Å². The van der Waals surface area contributed by atoms with Crippen LogP contribution < -0.4 is 0 Å². The molecule has 2 fully saturated rings. The molecular weight excluding hydrogens is 150 g/mol. The van der Waals surface area contributed by atoms with Crippen molar-refractivity contribution in [1.82, 2.24) is 0 Å². The third kappa shape index (κ3) is 0.964. The Kier molecular flexibility index (Phi) is 1.84. The molecule has 0 aromatic carbocycles. The Morgan fingerprint density at radius 1 is 1.42 bits per heavy atom. The summed E-state index contributed by atoms with van der Waals surface area (Å²) in [5, 5.41) is 18.9. The molecule has 2 heteroatoms. The van der Waals surface area contributed by atoms with Crippen LogP contribution in [0.5, 0.6) is 0 Å². The van der Waals surface area contributed by atoms with Crippen molar-refractivity contribution in [1.29, 1.82) is 5.26 Å². The van der Waals surface area contributed by atoms with Crippen LogP contribution in [0.2, 0.25) is 0 Å². The van der Waals surface area contributed by atoms with Crippen LogP contribution in [0, 0.1) is 23.2 Å². The first-order valence-corrected chi connectivity index (χ1v) is 4.86. The van der Waals surface area contributed by atoms with E-state index < -0.39 is 5.60 Å². The fraction of sp³-hybridized carbons (Fsp3) is 0.900. The summed E-state index contributed by atoms with van der Waals surface area (Å²) in [6.45, 7) is 0. The van der Waals surface area contributed by atoms with Crippen molar-refractivity contribution in [2.75, 3.05) is 0 Å². The first-order chi connectivity index (χ1) is 5.77. The van der Waals surface area contributed by atoms with Crippen molar-refractivity contribution in [2.45, 2.75) is 44.1 Å². The molecule has 0 heterocycles. The van der Waals surface area contributed by atoms with Crippen LogP contribution >= 0.6 is 0 Å². The minimum Gasteiger partial charge on any atom is -0.389 e. The van der Waals surface area contributed by atoms with E-state index in [-0.39, 0.29) is 5.92 Å². The van der Waals surface area contributed by atoms with Crippen molar-refractivity contribution in [3.63, 3.8) is 0 Å². The van der Waals surface area contributed by atoms with Crippen LogP contribution in [0.15, 0.2) is 0 Å². The summed E-state index contributed by atoms with van der Waals surface area (Å²) in [6.07, 6.45) is 6.02. The van der Waals surface area contributed by atoms with E-state index in [9.17, 15) is 5.11 Å². The maximum Gasteiger partial charge on any atom is 0.0713 e. The maximum absolute atomic E-state index is 10.3. The lowest BCUT2D eigenvalue weighted by molar-refractivity contribution is -0.0167. The summed E-state index contributed by atoms with van der Waals surface area (Å²) in [7, 11) is 0. The molecule has 0 bridgehead atoms. The summed E-state index contributed by atoms with van der Waals surface area (Å²) in [6, 6.07) is 2.19. The van der Waals surface area contributed by atoms with Gasteiger partial charge in [0.15, 0.2) is 0 Å². The lowest BCUT2D eigenvalue weighted by atomic mass is 9.85. The molecule has 2 aliphatic rings. The molecule has 0 aromatic heterocycles. The Labute approximate surface area is 73.2 Å². The molecule has 2 saturated carbocycles. The Morgan fingerprint density at radius 2 is 2.25 bits per heavy atom. The molecule has 0 radical (unpaired) electrons. The number of aliphatic hydroxyl groups is 1. The highest BCUT2D eigenvalue weighted by molar-refractivity contribution is 5.04. The monoisotopic (exact) mass is 165 g/mol. The molecule has 3 atom stereocenters. The molecule has 0 aliphatic heterocycles. The second-order valence-corrected chi connectivity index (χ2v) is 4.22. The topological polar surface area (TPSA) is 44.0 Å². The van der Waals surface area contributed by atoms with Crippen molar-refractivity contribution in [3.05, 3.63) is 0 Å². The van der Waals surface area contributed by atoms with Gasteiger partial charge in [0.05, 0.1) is 11.7 Å². The maximum atomic E-state index is 10.3. The number of rotatable bonds is 1. The molecule has 2 rings (SSSR count). The molecule has 12 heavy (non-hydrogen) atoms. The van der Waals surface area contributed by atoms with E-state index in [0.717, 1.165) is 25.7 Å². The Hall–Kier alpha value is -0.550. The summed E-state index contributed by atoms with van der Waals surface area (Å²) in [5.74, 6) is 0.783. The predicted octanol–water partition coefficient (Wildman–Crippen LogP) is 1.84. The van der Waals surface area contributed by atoms with E-state index >= 15 is 0 Å². The van der Waals surface area contributed by atoms with Gasteiger partial charge in [-0.3, -0.25) is 0 Å². The molecule has 0 spiro atoms. The molecule has 66 valence electrons. The van der Waals surface area contributed by atoms with Gasteiger partial charge in [0.2, 0.25) is 0 Å². The second-order valence-electron chi connectivity index (χ2n) is 4.22. The number of nitriles is 1. The largest absolute Gasteiger partial charge is 0.389 e. The molecular formula is C10H15NO. The van der Waals surface area contributed by atoms with Crippen LogP contribution in [0.4, 0.5) is 0 Å². The van der Waals surface area contributed by atoms with Crippen LogP contribution in [0.1, 0.15) is 38.5 Å². The minimum absolute atomic E-state index is 0.273. The Morgan fingerprint density at radius 3 is 3.00 bits per heavy atom. The van der Waals surface area contributed by atoms with Gasteiger partial charge in [-0.25, -0.2) is 0 Å². The highest BCUT2D eigenvalue weighted by Gasteiger charge is 2.50. The van der Waals surface area contributed by atoms with E-state index in [1.54, 1.807) is 0 Å². The smallest absolute Gasteiger partial charge is 0.0713 e. The number of hydrogen-bond donors (Lipinski definition) is 1. The van der Waals surface area contributed by atoms with E-state index in [2.05, 4.69) is 6.07 Å². The fourth-order valence-corrected chi connectivity index (χ4v) is 3.06. The van der Waals surface area contributed by atoms with Gasteiger partial charge < -0.3 is 5.11 Å². The molecule has 0 saturated heterocycles. The van der Waals surface area contributed by atoms with Gasteiger partial charge in [0.25, 0.3) is 0 Å². The van der Waals surface area contributed by atoms with Gasteiger partial charge >= 0.3 is 0 Å². The number of hydrogen-bond acceptors (Lipinski definition) is 2. The predicted molar refractivity (Wildman–Crippen MR) is 45.2 cm³/mol. The highest BCUT2D eigenvalue weighted by Crippen LogP contribution is 2.51. The lowest BCUT2D eigenvalue weighted by Gasteiger charge is -2.28. The fourth-order valence-electron chi connectivity index (χ4n) is 3.06. The average molecular weight is 165 g/mol. The van der Waals surface area contributed by atoms with Crippen molar-refractivity contribution in [3.8, 4) is 6.07 Å². The third-order valence-corrected chi connectivity index (χ3v) is 3.75. The number of nitrogens with zero attached hydrogens (tertiary/aromatic N) is 1. The quantitative estimate of drug-likeness (QED) is 0.644. The van der Waals surface area contributed by atoms with Gasteiger partial charge in [-0.2, -0.15) is 5.26 Å². The van der Waals surface area contributed by atoms with E-state index in [1.807, 2.05) is 0 Å². The summed E-state index contributed by atoms with van der Waals surface area (Å²) in [5.41, 5.74) is -0.449. The zero-order chi connectivity index (χ0) is 8.60. The standard InChI is InChI=1S/C10H15NO/c11-7-5-9-4-3-8-2-1-6-10(8,9)12/h8-9,12H,1-6H2/t8?,9-,10+/m0/s1. The van der Waals surface area contributed by atoms with Crippen LogP contribution in [0.25, 0.3) is 0 Å². The minimum atomic E-state index is -0.449. The van der Waals surface area contributed by atoms with Gasteiger partial charge in [-0.15, -0.1) is 0 Å². The van der Waals surface area contributed by atoms with Gasteiger partial charge in [0, 0.05) is 12.3 Å². The third-order valence-electron chi connectivity index (χ3n) is 3.75. The van der Waals surface area contributed by atoms with E-state index in [4.69, 9.17) is 5.26 Å². The zero-order valence-corrected chi connectivity index (χ0v) is 7.29. The molecule has 2 aliphatic carbocycles. The Bertz CT molecular complexity index is 220. The molecule has 1 unspecified atom stereocenters. The lowest BCUT2D eigenvalue weighted by Crippen LogP contribution is -2.35. The van der Waals surface area contributed by atoms with Gasteiger partial charge in [-0.1, -0.05) is 6.42 Å². The first-order valence-electron chi connectivity index (χ1n) is 4.86. The summed E-state index contributed by atoms with van der Waals surface area (Å²) in [4.78, 5) is 0. The SMILES string of the molecule is N#CC[C@@H]1CCC2CCC[C@@]21O. The summed E-state index contributed by atoms with van der Waals surface area (Å²) >= 11 is 0. The van der Waals surface area contributed by atoms with Crippen LogP contribution in [-0.2, 0) is 0 Å². The second kappa shape index (κ2) is 2.74. The van der Waals surface area contributed by atoms with E-state index in [0.29, 0.717) is 12.3 Å². The van der Waals surface area contributed by atoms with Gasteiger partial charge in [0.1, 0.15) is 0 Å². The zero-order valence-electron chi connectivity index (χ0n) is 7.29. The average Bonchev–Trinajstić information content (AvgIpc) is 2.51. The number of fused-ring (bicyclic) bond motifs is 1. The highest BCUT2D eigenvalue weighted by atomic mass is 16.3. The first kappa shape index (κ1) is 8.07. The molecule has 1 N–H and O–H groups in total. The van der Waals surface area contributed by atoms with E-state index in [1.165, 1.54) is 6.42 Å². The molecule has 0 amide bonds. The summed E-state index contributed by atoms with van der Waals surface area (Å²) < 4.78 is 0. The van der Waals surface area contributed by atoms with Gasteiger partial charge in [-0.05, 0) is 31.6 Å². The Balaban J connectivity index is 2.13.